The van der Waals surface area contributed by atoms with Crippen molar-refractivity contribution < 1.29 is 9.13 Å². The van der Waals surface area contributed by atoms with Crippen LogP contribution in [0.2, 0.25) is 0 Å². The number of hydrogen-bond acceptors (Lipinski definition) is 7. The number of hydrogen-bond donors (Lipinski definition) is 2. The topological polar surface area (TPSA) is 114 Å². The summed E-state index contributed by atoms with van der Waals surface area (Å²) in [6.07, 6.45) is 0. The van der Waals surface area contributed by atoms with Gasteiger partial charge in [-0.05, 0) is 23.8 Å². The fraction of sp³-hybridized carbons (Fsp3) is 0.312. The number of nitriles is 1. The molecule has 0 radical (unpaired) electrons. The van der Waals surface area contributed by atoms with Gasteiger partial charge in [-0.15, -0.1) is 0 Å². The minimum absolute atomic E-state index is 0.0154. The average Bonchev–Trinajstić information content (AvgIpc) is 2.55. The summed E-state index contributed by atoms with van der Waals surface area (Å²) in [6.45, 7) is 3.32. The highest BCUT2D eigenvalue weighted by atomic mass is 19.1. The molecule has 1 saturated heterocycles. The highest BCUT2D eigenvalue weighted by Crippen LogP contribution is 2.29. The maximum absolute atomic E-state index is 13.8. The lowest BCUT2D eigenvalue weighted by Crippen LogP contribution is -2.35. The lowest BCUT2D eigenvalue weighted by Gasteiger charge is -2.27. The molecule has 1 aliphatic heterocycles. The maximum Gasteiger partial charge on any atom is 0.222 e. The lowest BCUT2D eigenvalue weighted by molar-refractivity contribution is 0.0342. The Hall–Kier alpha value is -2.76. The molecule has 7 nitrogen and oxygen atoms in total. The average molecular weight is 328 g/mol. The van der Waals surface area contributed by atoms with Gasteiger partial charge in [0.15, 0.2) is 0 Å². The van der Waals surface area contributed by atoms with Gasteiger partial charge in [0.05, 0.1) is 18.9 Å². The standard InChI is InChI=1S/C16H17FN6O/c17-11-1-2-12(10(7-11)9-23-3-5-24-6-4-23)14-13(8-18)15(19)22-16(20)21-14/h1-2,7H,3-6,9H2,(H4,19,20,21,22). The number of morpholine rings is 1. The molecule has 1 aliphatic rings. The molecule has 0 saturated carbocycles. The van der Waals surface area contributed by atoms with Gasteiger partial charge in [-0.2, -0.15) is 10.2 Å². The molecular formula is C16H17FN6O. The first-order chi connectivity index (χ1) is 11.6. The summed E-state index contributed by atoms with van der Waals surface area (Å²) < 4.78 is 19.1. The van der Waals surface area contributed by atoms with Crippen molar-refractivity contribution in [3.63, 3.8) is 0 Å². The predicted octanol–water partition coefficient (Wildman–Crippen LogP) is 1.15. The largest absolute Gasteiger partial charge is 0.382 e. The summed E-state index contributed by atoms with van der Waals surface area (Å²) in [6, 6.07) is 6.36. The molecule has 2 aromatic rings. The van der Waals surface area contributed by atoms with Crippen LogP contribution in [0.1, 0.15) is 11.1 Å². The van der Waals surface area contributed by atoms with Gasteiger partial charge in [-0.3, -0.25) is 4.90 Å². The van der Waals surface area contributed by atoms with E-state index in [4.69, 9.17) is 16.2 Å². The molecular weight excluding hydrogens is 311 g/mol. The van der Waals surface area contributed by atoms with Crippen LogP contribution in [0.15, 0.2) is 18.2 Å². The van der Waals surface area contributed by atoms with Gasteiger partial charge in [-0.1, -0.05) is 0 Å². The summed E-state index contributed by atoms with van der Waals surface area (Å²) >= 11 is 0. The summed E-state index contributed by atoms with van der Waals surface area (Å²) in [4.78, 5) is 10.1. The molecule has 0 bridgehead atoms. The Kier molecular flexibility index (Phi) is 4.55. The SMILES string of the molecule is N#Cc1c(N)nc(N)nc1-c1ccc(F)cc1CN1CCOCC1. The van der Waals surface area contributed by atoms with Crippen LogP contribution < -0.4 is 11.5 Å². The van der Waals surface area contributed by atoms with E-state index in [1.807, 2.05) is 6.07 Å². The van der Waals surface area contributed by atoms with E-state index in [0.717, 1.165) is 13.1 Å². The van der Waals surface area contributed by atoms with E-state index in [1.54, 1.807) is 6.07 Å². The summed E-state index contributed by atoms with van der Waals surface area (Å²) in [5.41, 5.74) is 13.3. The third-order valence-electron chi connectivity index (χ3n) is 3.89. The quantitative estimate of drug-likeness (QED) is 0.868. The van der Waals surface area contributed by atoms with E-state index in [2.05, 4.69) is 14.9 Å². The van der Waals surface area contributed by atoms with Crippen LogP contribution >= 0.6 is 0 Å². The monoisotopic (exact) mass is 328 g/mol. The number of nitrogen functional groups attached to an aromatic ring is 2. The number of benzene rings is 1. The van der Waals surface area contributed by atoms with Crippen molar-refractivity contribution in [2.75, 3.05) is 37.8 Å². The highest BCUT2D eigenvalue weighted by Gasteiger charge is 2.19. The number of aromatic nitrogens is 2. The first-order valence-corrected chi connectivity index (χ1v) is 7.50. The Bertz CT molecular complexity index is 798. The number of rotatable bonds is 3. The zero-order valence-corrected chi connectivity index (χ0v) is 13.0. The number of halogens is 1. The second-order valence-corrected chi connectivity index (χ2v) is 5.49. The van der Waals surface area contributed by atoms with Crippen molar-refractivity contribution >= 4 is 11.8 Å². The molecule has 3 rings (SSSR count). The second kappa shape index (κ2) is 6.78. The predicted molar refractivity (Wildman–Crippen MR) is 87.1 cm³/mol. The Morgan fingerprint density at radius 2 is 2.00 bits per heavy atom. The molecule has 0 unspecified atom stereocenters. The molecule has 0 amide bonds. The highest BCUT2D eigenvalue weighted by molar-refractivity contribution is 5.75. The number of ether oxygens (including phenoxy) is 1. The Balaban J connectivity index is 2.07. The smallest absolute Gasteiger partial charge is 0.222 e. The molecule has 8 heteroatoms. The zero-order chi connectivity index (χ0) is 17.1. The normalized spacial score (nSPS) is 15.2. The van der Waals surface area contributed by atoms with Crippen molar-refractivity contribution in [3.8, 4) is 17.3 Å². The van der Waals surface area contributed by atoms with Crippen molar-refractivity contribution in [2.24, 2.45) is 0 Å². The fourth-order valence-electron chi connectivity index (χ4n) is 2.73. The molecule has 24 heavy (non-hydrogen) atoms. The van der Waals surface area contributed by atoms with E-state index in [9.17, 15) is 9.65 Å². The number of nitrogens with zero attached hydrogens (tertiary/aromatic N) is 4. The zero-order valence-electron chi connectivity index (χ0n) is 13.0. The van der Waals surface area contributed by atoms with E-state index in [-0.39, 0.29) is 23.1 Å². The number of nitrogens with two attached hydrogens (primary N) is 2. The molecule has 0 aliphatic carbocycles. The van der Waals surface area contributed by atoms with Gasteiger partial charge in [-0.25, -0.2) is 9.37 Å². The first kappa shape index (κ1) is 16.1. The van der Waals surface area contributed by atoms with Gasteiger partial charge in [0, 0.05) is 25.2 Å². The van der Waals surface area contributed by atoms with Crippen molar-refractivity contribution in [1.29, 1.82) is 5.26 Å². The molecule has 4 N–H and O–H groups in total. The molecule has 0 atom stereocenters. The Morgan fingerprint density at radius 1 is 1.25 bits per heavy atom. The van der Waals surface area contributed by atoms with Crippen LogP contribution in [-0.2, 0) is 11.3 Å². The molecule has 1 aromatic heterocycles. The van der Waals surface area contributed by atoms with Gasteiger partial charge in [0.2, 0.25) is 5.95 Å². The first-order valence-electron chi connectivity index (χ1n) is 7.50. The van der Waals surface area contributed by atoms with E-state index in [0.29, 0.717) is 36.6 Å². The van der Waals surface area contributed by atoms with Crippen molar-refractivity contribution in [1.82, 2.24) is 14.9 Å². The van der Waals surface area contributed by atoms with E-state index in [1.165, 1.54) is 12.1 Å². The molecule has 2 heterocycles. The molecule has 1 aromatic carbocycles. The fourth-order valence-corrected chi connectivity index (χ4v) is 2.73. The van der Waals surface area contributed by atoms with Crippen LogP contribution in [0.4, 0.5) is 16.2 Å². The van der Waals surface area contributed by atoms with Crippen LogP contribution in [0.25, 0.3) is 11.3 Å². The third kappa shape index (κ3) is 3.27. The van der Waals surface area contributed by atoms with E-state index >= 15 is 0 Å². The molecule has 0 spiro atoms. The van der Waals surface area contributed by atoms with Crippen molar-refractivity contribution in [2.45, 2.75) is 6.54 Å². The Labute approximate surface area is 138 Å². The third-order valence-corrected chi connectivity index (χ3v) is 3.89. The lowest BCUT2D eigenvalue weighted by atomic mass is 10.00. The van der Waals surface area contributed by atoms with Gasteiger partial charge < -0.3 is 16.2 Å². The van der Waals surface area contributed by atoms with E-state index < -0.39 is 0 Å². The maximum atomic E-state index is 13.8. The minimum atomic E-state index is -0.351. The van der Waals surface area contributed by atoms with Crippen LogP contribution in [-0.4, -0.2) is 41.2 Å². The molecule has 124 valence electrons. The summed E-state index contributed by atoms with van der Waals surface area (Å²) in [5, 5.41) is 9.37. The van der Waals surface area contributed by atoms with Gasteiger partial charge >= 0.3 is 0 Å². The van der Waals surface area contributed by atoms with Crippen LogP contribution in [0, 0.1) is 17.1 Å². The van der Waals surface area contributed by atoms with Crippen LogP contribution in [0.5, 0.6) is 0 Å². The summed E-state index contributed by atoms with van der Waals surface area (Å²) in [7, 11) is 0. The number of anilines is 2. The van der Waals surface area contributed by atoms with Crippen molar-refractivity contribution in [3.05, 3.63) is 35.1 Å². The summed E-state index contributed by atoms with van der Waals surface area (Å²) in [5.74, 6) is -0.361. The van der Waals surface area contributed by atoms with Gasteiger partial charge in [0.1, 0.15) is 23.3 Å². The second-order valence-electron chi connectivity index (χ2n) is 5.49. The molecule has 1 fully saturated rings. The minimum Gasteiger partial charge on any atom is -0.382 e. The van der Waals surface area contributed by atoms with Crippen LogP contribution in [0.3, 0.4) is 0 Å². The van der Waals surface area contributed by atoms with Gasteiger partial charge in [0.25, 0.3) is 0 Å². The Morgan fingerprint density at radius 3 is 2.71 bits per heavy atom.